The first-order chi connectivity index (χ1) is 11.6. The fourth-order valence-electron chi connectivity index (χ4n) is 2.13. The zero-order valence-electron chi connectivity index (χ0n) is 12.5. The number of carbonyl (C=O) groups excluding carboxylic acids is 1. The molecule has 1 heterocycles. The third-order valence-corrected chi connectivity index (χ3v) is 3.58. The lowest BCUT2D eigenvalue weighted by Gasteiger charge is -2.08. The van der Waals surface area contributed by atoms with Crippen LogP contribution in [-0.4, -0.2) is 19.2 Å². The molecule has 6 heteroatoms. The number of rotatable bonds is 5. The van der Waals surface area contributed by atoms with E-state index in [2.05, 4.69) is 0 Å². The number of benzene rings is 2. The number of para-hydroxylation sites is 2. The van der Waals surface area contributed by atoms with Crippen molar-refractivity contribution in [2.24, 2.45) is 0 Å². The molecule has 0 saturated carbocycles. The third kappa shape index (κ3) is 3.58. The van der Waals surface area contributed by atoms with Crippen molar-refractivity contribution in [2.75, 3.05) is 13.2 Å². The number of carbonyl (C=O) groups is 1. The Hall–Kier alpha value is -2.79. The van der Waals surface area contributed by atoms with Gasteiger partial charge in [0.25, 0.3) is 0 Å². The van der Waals surface area contributed by atoms with Gasteiger partial charge in [0.05, 0.1) is 5.02 Å². The van der Waals surface area contributed by atoms with E-state index in [0.29, 0.717) is 21.7 Å². The zero-order valence-corrected chi connectivity index (χ0v) is 13.3. The van der Waals surface area contributed by atoms with Crippen molar-refractivity contribution in [3.05, 3.63) is 75.6 Å². The minimum absolute atomic E-state index is 0.0175. The summed E-state index contributed by atoms with van der Waals surface area (Å²) >= 11 is 5.95. The van der Waals surface area contributed by atoms with Gasteiger partial charge in [0, 0.05) is 5.39 Å². The van der Waals surface area contributed by atoms with E-state index in [1.807, 2.05) is 0 Å². The van der Waals surface area contributed by atoms with E-state index in [0.717, 1.165) is 0 Å². The number of hydrogen-bond donors (Lipinski definition) is 0. The van der Waals surface area contributed by atoms with Crippen molar-refractivity contribution in [3.63, 3.8) is 0 Å². The molecule has 3 rings (SSSR count). The molecule has 0 saturated heterocycles. The highest BCUT2D eigenvalue weighted by Gasteiger charge is 2.15. The lowest BCUT2D eigenvalue weighted by Crippen LogP contribution is -2.19. The number of esters is 1. The lowest BCUT2D eigenvalue weighted by molar-refractivity contribution is 0.0446. The van der Waals surface area contributed by atoms with Gasteiger partial charge in [0.2, 0.25) is 0 Å². The van der Waals surface area contributed by atoms with E-state index in [1.165, 1.54) is 6.07 Å². The predicted molar refractivity (Wildman–Crippen MR) is 89.7 cm³/mol. The summed E-state index contributed by atoms with van der Waals surface area (Å²) < 4.78 is 15.6. The number of halogens is 1. The second-order valence-electron chi connectivity index (χ2n) is 4.90. The smallest absolute Gasteiger partial charge is 0.351 e. The quantitative estimate of drug-likeness (QED) is 0.401. The van der Waals surface area contributed by atoms with Crippen molar-refractivity contribution >= 4 is 28.5 Å². The highest BCUT2D eigenvalue weighted by atomic mass is 35.5. The van der Waals surface area contributed by atoms with E-state index < -0.39 is 11.6 Å². The summed E-state index contributed by atoms with van der Waals surface area (Å²) in [6, 6.07) is 15.4. The molecule has 5 nitrogen and oxygen atoms in total. The Morgan fingerprint density at radius 1 is 1.04 bits per heavy atom. The van der Waals surface area contributed by atoms with Crippen LogP contribution in [0.2, 0.25) is 5.02 Å². The molecule has 0 aliphatic carbocycles. The Bertz CT molecular complexity index is 932. The van der Waals surface area contributed by atoms with Gasteiger partial charge >= 0.3 is 11.6 Å². The molecule has 0 aliphatic rings. The van der Waals surface area contributed by atoms with Crippen LogP contribution in [0.15, 0.2) is 63.8 Å². The van der Waals surface area contributed by atoms with Crippen LogP contribution in [0.5, 0.6) is 5.75 Å². The van der Waals surface area contributed by atoms with Gasteiger partial charge in [-0.2, -0.15) is 0 Å². The molecule has 2 aromatic carbocycles. The first-order valence-electron chi connectivity index (χ1n) is 7.22. The van der Waals surface area contributed by atoms with Crippen LogP contribution in [0.3, 0.4) is 0 Å². The van der Waals surface area contributed by atoms with E-state index >= 15 is 0 Å². The van der Waals surface area contributed by atoms with Gasteiger partial charge in [-0.3, -0.25) is 0 Å². The summed E-state index contributed by atoms with van der Waals surface area (Å²) in [4.78, 5) is 23.9. The van der Waals surface area contributed by atoms with Crippen LogP contribution in [-0.2, 0) is 4.74 Å². The van der Waals surface area contributed by atoms with E-state index in [4.69, 9.17) is 25.5 Å². The molecule has 1 aromatic heterocycles. The lowest BCUT2D eigenvalue weighted by atomic mass is 10.2. The first kappa shape index (κ1) is 16.1. The SMILES string of the molecule is O=C(OCCOc1ccccc1Cl)c1cc2ccccc2oc1=O. The Morgan fingerprint density at radius 3 is 2.62 bits per heavy atom. The number of ether oxygens (including phenoxy) is 2. The Kier molecular flexibility index (Phi) is 4.82. The van der Waals surface area contributed by atoms with Gasteiger partial charge in [0.15, 0.2) is 0 Å². The summed E-state index contributed by atoms with van der Waals surface area (Å²) in [6.07, 6.45) is 0. The van der Waals surface area contributed by atoms with E-state index in [1.54, 1.807) is 48.5 Å². The van der Waals surface area contributed by atoms with Gasteiger partial charge in [0.1, 0.15) is 30.1 Å². The van der Waals surface area contributed by atoms with Crippen molar-refractivity contribution in [3.8, 4) is 5.75 Å². The highest BCUT2D eigenvalue weighted by molar-refractivity contribution is 6.32. The van der Waals surface area contributed by atoms with Crippen LogP contribution in [0.4, 0.5) is 0 Å². The average molecular weight is 345 g/mol. The normalized spacial score (nSPS) is 10.5. The van der Waals surface area contributed by atoms with Gasteiger partial charge in [-0.15, -0.1) is 0 Å². The minimum Gasteiger partial charge on any atom is -0.488 e. The summed E-state index contributed by atoms with van der Waals surface area (Å²) in [6.45, 7) is 0.102. The second-order valence-corrected chi connectivity index (χ2v) is 5.31. The first-order valence-corrected chi connectivity index (χ1v) is 7.60. The molecule has 0 radical (unpaired) electrons. The van der Waals surface area contributed by atoms with Gasteiger partial charge in [-0.1, -0.05) is 41.9 Å². The highest BCUT2D eigenvalue weighted by Crippen LogP contribution is 2.22. The second kappa shape index (κ2) is 7.19. The maximum Gasteiger partial charge on any atom is 0.351 e. The predicted octanol–water partition coefficient (Wildman–Crippen LogP) is 3.68. The fraction of sp³-hybridized carbons (Fsp3) is 0.111. The Labute approximate surface area is 142 Å². The van der Waals surface area contributed by atoms with Gasteiger partial charge in [-0.25, -0.2) is 9.59 Å². The molecule has 0 amide bonds. The maximum atomic E-state index is 12.0. The number of fused-ring (bicyclic) bond motifs is 1. The van der Waals surface area contributed by atoms with Crippen LogP contribution in [0.25, 0.3) is 11.0 Å². The van der Waals surface area contributed by atoms with Crippen molar-refractivity contribution < 1.29 is 18.7 Å². The van der Waals surface area contributed by atoms with Crippen LogP contribution >= 0.6 is 11.6 Å². The molecule has 0 aliphatic heterocycles. The molecular formula is C18H13ClO5. The molecule has 0 N–H and O–H groups in total. The van der Waals surface area contributed by atoms with Crippen LogP contribution in [0, 0.1) is 0 Å². The molecule has 122 valence electrons. The molecule has 0 unspecified atom stereocenters. The van der Waals surface area contributed by atoms with Crippen molar-refractivity contribution in [2.45, 2.75) is 0 Å². The molecule has 0 fully saturated rings. The maximum absolute atomic E-state index is 12.0. The monoisotopic (exact) mass is 344 g/mol. The van der Waals surface area contributed by atoms with Crippen LogP contribution < -0.4 is 10.4 Å². The molecule has 0 spiro atoms. The summed E-state index contributed by atoms with van der Waals surface area (Å²) in [7, 11) is 0. The third-order valence-electron chi connectivity index (χ3n) is 3.27. The van der Waals surface area contributed by atoms with E-state index in [9.17, 15) is 9.59 Å². The van der Waals surface area contributed by atoms with Gasteiger partial charge < -0.3 is 13.9 Å². The summed E-state index contributed by atoms with van der Waals surface area (Å²) in [5.41, 5.74) is -0.460. The summed E-state index contributed by atoms with van der Waals surface area (Å²) in [5, 5.41) is 1.12. The molecular weight excluding hydrogens is 332 g/mol. The zero-order chi connectivity index (χ0) is 16.9. The standard InChI is InChI=1S/C18H13ClO5/c19-14-6-2-4-8-16(14)22-9-10-23-17(20)13-11-12-5-1-3-7-15(12)24-18(13)21/h1-8,11H,9-10H2. The molecule has 0 bridgehead atoms. The Morgan fingerprint density at radius 2 is 1.79 bits per heavy atom. The topological polar surface area (TPSA) is 65.7 Å². The number of hydrogen-bond acceptors (Lipinski definition) is 5. The van der Waals surface area contributed by atoms with Crippen molar-refractivity contribution in [1.29, 1.82) is 0 Å². The van der Waals surface area contributed by atoms with E-state index in [-0.39, 0.29) is 18.8 Å². The average Bonchev–Trinajstić information content (AvgIpc) is 2.59. The Balaban J connectivity index is 1.62. The van der Waals surface area contributed by atoms with Crippen LogP contribution in [0.1, 0.15) is 10.4 Å². The molecule has 24 heavy (non-hydrogen) atoms. The molecule has 3 aromatic rings. The van der Waals surface area contributed by atoms with Crippen molar-refractivity contribution in [1.82, 2.24) is 0 Å². The largest absolute Gasteiger partial charge is 0.488 e. The molecule has 0 atom stereocenters. The minimum atomic E-state index is -0.753. The fourth-order valence-corrected chi connectivity index (χ4v) is 2.32. The summed E-state index contributed by atoms with van der Waals surface area (Å²) in [5.74, 6) is -0.252. The van der Waals surface area contributed by atoms with Gasteiger partial charge in [-0.05, 0) is 24.3 Å².